The van der Waals surface area contributed by atoms with Crippen molar-refractivity contribution < 1.29 is 0 Å². The highest BCUT2D eigenvalue weighted by Gasteiger charge is 2.09. The van der Waals surface area contributed by atoms with Gasteiger partial charge in [0.1, 0.15) is 11.6 Å². The monoisotopic (exact) mass is 384 g/mol. The molecule has 2 N–H and O–H groups in total. The molecule has 0 saturated carbocycles. The van der Waals surface area contributed by atoms with Crippen molar-refractivity contribution >= 4 is 28.1 Å². The lowest BCUT2D eigenvalue weighted by molar-refractivity contribution is 0.425. The first-order chi connectivity index (χ1) is 14.2. The van der Waals surface area contributed by atoms with Gasteiger partial charge in [-0.15, -0.1) is 0 Å². The zero-order chi connectivity index (χ0) is 20.1. The van der Waals surface area contributed by atoms with Crippen molar-refractivity contribution in [2.45, 2.75) is 0 Å². The Labute approximate surface area is 170 Å². The van der Waals surface area contributed by atoms with Crippen molar-refractivity contribution in [3.05, 3.63) is 73.2 Å². The third kappa shape index (κ3) is 4.67. The van der Waals surface area contributed by atoms with E-state index in [1.807, 2.05) is 54.7 Å². The van der Waals surface area contributed by atoms with Crippen LogP contribution in [0.3, 0.4) is 0 Å². The standard InChI is InChI=1S/C23H24N6/c1-29(2)13-12-26-23-20-9-10-24-16-18(20)14-21(28-23)17-8-11-25-22(15-17)27-19-6-4-3-5-7-19/h3-11,14-16H,12-13H2,1-2H3,(H,25,27)(H,26,28). The highest BCUT2D eigenvalue weighted by atomic mass is 15.1. The van der Waals surface area contributed by atoms with Crippen LogP contribution in [-0.2, 0) is 0 Å². The lowest BCUT2D eigenvalue weighted by Crippen LogP contribution is -2.21. The van der Waals surface area contributed by atoms with Crippen molar-refractivity contribution in [2.24, 2.45) is 0 Å². The third-order valence-corrected chi connectivity index (χ3v) is 4.58. The number of hydrogen-bond acceptors (Lipinski definition) is 6. The van der Waals surface area contributed by atoms with E-state index in [4.69, 9.17) is 4.98 Å². The number of hydrogen-bond donors (Lipinski definition) is 2. The Morgan fingerprint density at radius 2 is 1.83 bits per heavy atom. The summed E-state index contributed by atoms with van der Waals surface area (Å²) in [7, 11) is 4.12. The topological polar surface area (TPSA) is 66.0 Å². The zero-order valence-corrected chi connectivity index (χ0v) is 16.6. The Bertz CT molecular complexity index is 1090. The molecule has 29 heavy (non-hydrogen) atoms. The minimum absolute atomic E-state index is 0.781. The number of fused-ring (bicyclic) bond motifs is 1. The van der Waals surface area contributed by atoms with Gasteiger partial charge in [0.05, 0.1) is 5.69 Å². The van der Waals surface area contributed by atoms with E-state index in [0.29, 0.717) is 0 Å². The van der Waals surface area contributed by atoms with Gasteiger partial charge >= 0.3 is 0 Å². The minimum atomic E-state index is 0.781. The van der Waals surface area contributed by atoms with Gasteiger partial charge in [-0.1, -0.05) is 18.2 Å². The molecule has 6 heteroatoms. The molecule has 0 spiro atoms. The highest BCUT2D eigenvalue weighted by Crippen LogP contribution is 2.28. The summed E-state index contributed by atoms with van der Waals surface area (Å²) < 4.78 is 0. The summed E-state index contributed by atoms with van der Waals surface area (Å²) in [6, 6.07) is 18.1. The molecule has 6 nitrogen and oxygen atoms in total. The first-order valence-electron chi connectivity index (χ1n) is 9.61. The first kappa shape index (κ1) is 18.8. The van der Waals surface area contributed by atoms with E-state index in [1.54, 1.807) is 12.4 Å². The normalized spacial score (nSPS) is 11.0. The van der Waals surface area contributed by atoms with Gasteiger partial charge < -0.3 is 15.5 Å². The summed E-state index contributed by atoms with van der Waals surface area (Å²) in [6.07, 6.45) is 5.48. The second kappa shape index (κ2) is 8.67. The van der Waals surface area contributed by atoms with Crippen LogP contribution in [0.25, 0.3) is 22.0 Å². The first-order valence-corrected chi connectivity index (χ1v) is 9.61. The maximum Gasteiger partial charge on any atom is 0.134 e. The number of para-hydroxylation sites is 1. The average molecular weight is 384 g/mol. The molecular formula is C23H24N6. The molecule has 0 aliphatic heterocycles. The Hall–Kier alpha value is -3.51. The minimum Gasteiger partial charge on any atom is -0.368 e. The van der Waals surface area contributed by atoms with Crippen LogP contribution in [0.1, 0.15) is 0 Å². The maximum atomic E-state index is 4.90. The molecule has 0 saturated heterocycles. The van der Waals surface area contributed by atoms with Crippen molar-refractivity contribution in [3.63, 3.8) is 0 Å². The van der Waals surface area contributed by atoms with Crippen molar-refractivity contribution in [2.75, 3.05) is 37.8 Å². The van der Waals surface area contributed by atoms with Gasteiger partial charge in [-0.3, -0.25) is 4.98 Å². The SMILES string of the molecule is CN(C)CCNc1nc(-c2ccnc(Nc3ccccc3)c2)cc2cnccc12. The van der Waals surface area contributed by atoms with Gasteiger partial charge in [-0.05, 0) is 50.5 Å². The lowest BCUT2D eigenvalue weighted by Gasteiger charge is -2.14. The van der Waals surface area contributed by atoms with E-state index in [-0.39, 0.29) is 0 Å². The summed E-state index contributed by atoms with van der Waals surface area (Å²) in [6.45, 7) is 1.75. The van der Waals surface area contributed by atoms with E-state index in [2.05, 4.69) is 45.7 Å². The molecule has 0 aliphatic rings. The molecule has 1 aromatic carbocycles. The Kier molecular flexibility index (Phi) is 5.63. The second-order valence-corrected chi connectivity index (χ2v) is 7.10. The molecule has 0 aliphatic carbocycles. The van der Waals surface area contributed by atoms with Crippen LogP contribution in [0.5, 0.6) is 0 Å². The lowest BCUT2D eigenvalue weighted by atomic mass is 10.1. The van der Waals surface area contributed by atoms with Crippen LogP contribution in [0.15, 0.2) is 73.2 Å². The molecule has 0 fully saturated rings. The number of likely N-dealkylation sites (N-methyl/N-ethyl adjacent to an activating group) is 1. The van der Waals surface area contributed by atoms with Gasteiger partial charge in [-0.25, -0.2) is 9.97 Å². The molecule has 3 aromatic heterocycles. The Balaban J connectivity index is 1.67. The van der Waals surface area contributed by atoms with E-state index in [9.17, 15) is 0 Å². The average Bonchev–Trinajstić information content (AvgIpc) is 2.74. The molecule has 146 valence electrons. The molecular weight excluding hydrogens is 360 g/mol. The summed E-state index contributed by atoms with van der Waals surface area (Å²) in [5.74, 6) is 1.65. The maximum absolute atomic E-state index is 4.90. The van der Waals surface area contributed by atoms with Gasteiger partial charge in [0.2, 0.25) is 0 Å². The van der Waals surface area contributed by atoms with E-state index in [1.165, 1.54) is 0 Å². The molecule has 4 aromatic rings. The van der Waals surface area contributed by atoms with Crippen molar-refractivity contribution in [1.82, 2.24) is 19.9 Å². The van der Waals surface area contributed by atoms with Crippen LogP contribution >= 0.6 is 0 Å². The predicted octanol–water partition coefficient (Wildman–Crippen LogP) is 4.41. The van der Waals surface area contributed by atoms with E-state index >= 15 is 0 Å². The van der Waals surface area contributed by atoms with Crippen LogP contribution in [-0.4, -0.2) is 47.0 Å². The van der Waals surface area contributed by atoms with Crippen LogP contribution in [0.2, 0.25) is 0 Å². The number of aromatic nitrogens is 3. The number of anilines is 3. The molecule has 0 radical (unpaired) electrons. The number of rotatable bonds is 7. The van der Waals surface area contributed by atoms with E-state index < -0.39 is 0 Å². The quantitative estimate of drug-likeness (QED) is 0.492. The third-order valence-electron chi connectivity index (χ3n) is 4.58. The summed E-state index contributed by atoms with van der Waals surface area (Å²) in [4.78, 5) is 15.8. The molecule has 3 heterocycles. The van der Waals surface area contributed by atoms with Gasteiger partial charge in [0, 0.05) is 53.7 Å². The fourth-order valence-corrected chi connectivity index (χ4v) is 3.11. The summed E-state index contributed by atoms with van der Waals surface area (Å²) >= 11 is 0. The summed E-state index contributed by atoms with van der Waals surface area (Å²) in [5, 5.41) is 8.94. The van der Waals surface area contributed by atoms with Crippen LogP contribution in [0, 0.1) is 0 Å². The highest BCUT2D eigenvalue weighted by molar-refractivity contribution is 5.94. The van der Waals surface area contributed by atoms with E-state index in [0.717, 1.165) is 52.4 Å². The molecule has 0 bridgehead atoms. The second-order valence-electron chi connectivity index (χ2n) is 7.10. The number of benzene rings is 1. The van der Waals surface area contributed by atoms with Crippen LogP contribution < -0.4 is 10.6 Å². The largest absolute Gasteiger partial charge is 0.368 e. The van der Waals surface area contributed by atoms with Crippen molar-refractivity contribution in [1.29, 1.82) is 0 Å². The molecule has 0 amide bonds. The van der Waals surface area contributed by atoms with Gasteiger partial charge in [0.15, 0.2) is 0 Å². The number of nitrogens with one attached hydrogen (secondary N) is 2. The smallest absolute Gasteiger partial charge is 0.134 e. The number of pyridine rings is 3. The van der Waals surface area contributed by atoms with Gasteiger partial charge in [-0.2, -0.15) is 0 Å². The Morgan fingerprint density at radius 1 is 0.966 bits per heavy atom. The van der Waals surface area contributed by atoms with Crippen LogP contribution in [0.4, 0.5) is 17.3 Å². The molecule has 4 rings (SSSR count). The fourth-order valence-electron chi connectivity index (χ4n) is 3.11. The van der Waals surface area contributed by atoms with Gasteiger partial charge in [0.25, 0.3) is 0 Å². The van der Waals surface area contributed by atoms with Crippen molar-refractivity contribution in [3.8, 4) is 11.3 Å². The molecule has 0 atom stereocenters. The number of nitrogens with zero attached hydrogens (tertiary/aromatic N) is 4. The predicted molar refractivity (Wildman–Crippen MR) is 120 cm³/mol. The summed E-state index contributed by atoms with van der Waals surface area (Å²) in [5.41, 5.74) is 2.88. The zero-order valence-electron chi connectivity index (χ0n) is 16.6. The fraction of sp³-hybridized carbons (Fsp3) is 0.174. The Morgan fingerprint density at radius 3 is 2.66 bits per heavy atom. The molecule has 0 unspecified atom stereocenters.